The van der Waals surface area contributed by atoms with Gasteiger partial charge in [0.2, 0.25) is 21.8 Å². The van der Waals surface area contributed by atoms with Crippen molar-refractivity contribution in [1.82, 2.24) is 34.8 Å². The number of rotatable bonds is 10. The standard InChI is InChI=1S/C48H61N7O8S2/c1-29(2)55-37-20-14-18-35(41-49-33(28-64-41)24-31-16-13-15-30(3)23-31)39(37)51-44(55)62-34-25-38-40(56)52-48(43(58)53-65(60,61)47(7)21-22-47)26-32(48)17-11-9-8-10-12-19-36(42(57)54(38)27-34)50-45(59)63-46(4,5)6/h11,13-18,20,23,28-29,32,34,36,38H,8-10,12,19,21-22,24-27H2,1-7H3,(H,50,59)(H,52,56)(H,53,58)/b17-11-/t32-,34-,36+,38+,48-/m1/s1. The monoisotopic (exact) mass is 927 g/mol. The van der Waals surface area contributed by atoms with Gasteiger partial charge in [-0.25, -0.2) is 18.2 Å². The first kappa shape index (κ1) is 46.2. The van der Waals surface area contributed by atoms with Crippen LogP contribution in [-0.4, -0.2) is 92.3 Å². The van der Waals surface area contributed by atoms with Gasteiger partial charge in [-0.3, -0.25) is 23.7 Å². The molecule has 0 spiro atoms. The number of carbonyl (C=O) groups is 4. The summed E-state index contributed by atoms with van der Waals surface area (Å²) < 4.78 is 42.2. The fourth-order valence-electron chi connectivity index (χ4n) is 8.94. The second-order valence-electron chi connectivity index (χ2n) is 19.7. The van der Waals surface area contributed by atoms with Crippen LogP contribution in [0.1, 0.15) is 122 Å². The fourth-order valence-corrected chi connectivity index (χ4v) is 11.1. The van der Waals surface area contributed by atoms with Crippen molar-refractivity contribution >= 4 is 56.2 Å². The first-order chi connectivity index (χ1) is 30.8. The van der Waals surface area contributed by atoms with Gasteiger partial charge in [-0.05, 0) is 105 Å². The SMILES string of the molecule is Cc1cccc(Cc2csc(-c3cccc4c3nc(O[C@@H]3C[C@H]5C(=O)N[C@]6(C(=O)NS(=O)(=O)C7(C)CC7)C[C@H]6/C=C\CCCCC[C@H](NC(=O)OC(C)(C)C)C(=O)N5C3)n4C(C)C)n2)c1. The molecule has 4 aliphatic rings. The third-order valence-corrected chi connectivity index (χ3v) is 16.0. The number of alkyl carbamates (subject to hydrolysis) is 1. The summed E-state index contributed by atoms with van der Waals surface area (Å²) in [7, 11) is -4.01. The van der Waals surface area contributed by atoms with Crippen molar-refractivity contribution in [3.8, 4) is 16.6 Å². The molecule has 2 aromatic carbocycles. The van der Waals surface area contributed by atoms with Crippen LogP contribution >= 0.6 is 11.3 Å². The molecule has 1 saturated heterocycles. The van der Waals surface area contributed by atoms with Gasteiger partial charge in [0.05, 0.1) is 22.5 Å². The van der Waals surface area contributed by atoms with Gasteiger partial charge < -0.3 is 25.0 Å². The van der Waals surface area contributed by atoms with E-state index in [-0.39, 0.29) is 25.4 Å². The Bertz CT molecular complexity index is 2630. The zero-order chi connectivity index (χ0) is 46.5. The normalized spacial score (nSPS) is 25.1. The average molecular weight is 928 g/mol. The number of nitrogens with one attached hydrogen (secondary N) is 3. The minimum Gasteiger partial charge on any atom is -0.459 e. The summed E-state index contributed by atoms with van der Waals surface area (Å²) >= 11 is 1.55. The lowest BCUT2D eigenvalue weighted by Crippen LogP contribution is -2.58. The fraction of sp³-hybridized carbons (Fsp3) is 0.542. The molecule has 0 bridgehead atoms. The van der Waals surface area contributed by atoms with Gasteiger partial charge in [-0.2, -0.15) is 4.98 Å². The van der Waals surface area contributed by atoms with Crippen LogP contribution in [0.5, 0.6) is 6.01 Å². The summed E-state index contributed by atoms with van der Waals surface area (Å²) in [5.74, 6) is -2.36. The summed E-state index contributed by atoms with van der Waals surface area (Å²) in [5.41, 5.74) is 3.36. The molecule has 2 aliphatic carbocycles. The number of imidazole rings is 1. The van der Waals surface area contributed by atoms with Crippen molar-refractivity contribution in [2.24, 2.45) is 5.92 Å². The van der Waals surface area contributed by atoms with Crippen molar-refractivity contribution in [3.05, 3.63) is 76.8 Å². The number of nitrogens with zero attached hydrogens (tertiary/aromatic N) is 4. The lowest BCUT2D eigenvalue weighted by Gasteiger charge is -2.30. The first-order valence-electron chi connectivity index (χ1n) is 22.8. The number of fused-ring (bicyclic) bond motifs is 3. The Kier molecular flexibility index (Phi) is 12.7. The van der Waals surface area contributed by atoms with E-state index in [1.165, 1.54) is 16.0 Å². The second kappa shape index (κ2) is 17.8. The Morgan fingerprint density at radius 2 is 1.83 bits per heavy atom. The number of thiazole rings is 1. The largest absolute Gasteiger partial charge is 0.459 e. The number of allylic oxidation sites excluding steroid dienone is 1. The Hall–Kier alpha value is -5.29. The van der Waals surface area contributed by atoms with Crippen LogP contribution in [0.4, 0.5) is 4.79 Å². The van der Waals surface area contributed by atoms with Gasteiger partial charge in [-0.15, -0.1) is 11.3 Å². The Morgan fingerprint density at radius 1 is 1.06 bits per heavy atom. The molecule has 3 fully saturated rings. The predicted molar refractivity (Wildman–Crippen MR) is 249 cm³/mol. The van der Waals surface area contributed by atoms with Crippen molar-refractivity contribution in [3.63, 3.8) is 0 Å². The average Bonchev–Trinajstić information content (AvgIpc) is 3.92. The molecular formula is C48H61N7O8S2. The number of sulfonamides is 1. The number of hydrogen-bond acceptors (Lipinski definition) is 11. The van der Waals surface area contributed by atoms with E-state index in [1.54, 1.807) is 39.0 Å². The third kappa shape index (κ3) is 9.96. The van der Waals surface area contributed by atoms with Crippen LogP contribution < -0.4 is 20.1 Å². The zero-order valence-corrected chi connectivity index (χ0v) is 39.9. The molecule has 0 radical (unpaired) electrons. The molecular weight excluding hydrogens is 867 g/mol. The number of aryl methyl sites for hydroxylation is 1. The molecule has 8 rings (SSSR count). The van der Waals surface area contributed by atoms with Crippen molar-refractivity contribution in [1.29, 1.82) is 0 Å². The van der Waals surface area contributed by atoms with Gasteiger partial charge in [0.1, 0.15) is 39.9 Å². The topological polar surface area (TPSA) is 191 Å². The number of benzene rings is 2. The van der Waals surface area contributed by atoms with E-state index < -0.39 is 73.8 Å². The van der Waals surface area contributed by atoms with E-state index in [0.717, 1.165) is 34.6 Å². The number of para-hydroxylation sites is 1. The molecule has 2 aromatic heterocycles. The van der Waals surface area contributed by atoms with E-state index in [4.69, 9.17) is 19.4 Å². The molecule has 3 N–H and O–H groups in total. The van der Waals surface area contributed by atoms with E-state index in [0.29, 0.717) is 50.1 Å². The molecule has 65 heavy (non-hydrogen) atoms. The quantitative estimate of drug-likeness (QED) is 0.136. The summed E-state index contributed by atoms with van der Waals surface area (Å²) in [6.07, 6.45) is 7.30. The van der Waals surface area contributed by atoms with Crippen LogP contribution in [0, 0.1) is 12.8 Å². The lowest BCUT2D eigenvalue weighted by molar-refractivity contribution is -0.141. The molecule has 2 aliphatic heterocycles. The minimum atomic E-state index is -4.01. The summed E-state index contributed by atoms with van der Waals surface area (Å²) in [6.45, 7) is 12.9. The second-order valence-corrected chi connectivity index (χ2v) is 22.8. The molecule has 5 atom stereocenters. The van der Waals surface area contributed by atoms with E-state index >= 15 is 0 Å². The van der Waals surface area contributed by atoms with E-state index in [1.807, 2.05) is 48.8 Å². The molecule has 348 valence electrons. The van der Waals surface area contributed by atoms with Crippen LogP contribution in [0.2, 0.25) is 0 Å². The maximum absolute atomic E-state index is 14.8. The van der Waals surface area contributed by atoms with Crippen molar-refractivity contribution in [2.75, 3.05) is 6.54 Å². The van der Waals surface area contributed by atoms with Gasteiger partial charge in [-0.1, -0.05) is 60.9 Å². The van der Waals surface area contributed by atoms with Gasteiger partial charge in [0.25, 0.3) is 11.9 Å². The molecule has 0 unspecified atom stereocenters. The molecule has 15 nitrogen and oxygen atoms in total. The summed E-state index contributed by atoms with van der Waals surface area (Å²) in [5, 5.41) is 8.61. The number of aromatic nitrogens is 3. The molecule has 2 saturated carbocycles. The molecule has 4 heterocycles. The molecule has 17 heteroatoms. The zero-order valence-electron chi connectivity index (χ0n) is 38.3. The van der Waals surface area contributed by atoms with Crippen LogP contribution in [0.3, 0.4) is 0 Å². The van der Waals surface area contributed by atoms with Crippen LogP contribution in [0.25, 0.3) is 21.6 Å². The molecule has 4 aromatic rings. The highest BCUT2D eigenvalue weighted by atomic mass is 32.2. The first-order valence-corrected chi connectivity index (χ1v) is 25.2. The Labute approximate surface area is 385 Å². The third-order valence-electron chi connectivity index (χ3n) is 12.9. The summed E-state index contributed by atoms with van der Waals surface area (Å²) in [4.78, 5) is 68.2. The minimum absolute atomic E-state index is 0.0262. The highest BCUT2D eigenvalue weighted by Gasteiger charge is 2.63. The predicted octanol–water partition coefficient (Wildman–Crippen LogP) is 7.28. The maximum Gasteiger partial charge on any atom is 0.408 e. The van der Waals surface area contributed by atoms with E-state index in [9.17, 15) is 27.6 Å². The number of hydrogen-bond donors (Lipinski definition) is 3. The van der Waals surface area contributed by atoms with Crippen LogP contribution in [0.15, 0.2) is 60.0 Å². The van der Waals surface area contributed by atoms with Crippen molar-refractivity contribution < 1.29 is 37.1 Å². The van der Waals surface area contributed by atoms with Gasteiger partial charge >= 0.3 is 6.09 Å². The van der Waals surface area contributed by atoms with Crippen LogP contribution in [-0.2, 0) is 35.6 Å². The Morgan fingerprint density at radius 3 is 2.55 bits per heavy atom. The number of amides is 4. The van der Waals surface area contributed by atoms with Gasteiger partial charge in [0.15, 0.2) is 0 Å². The number of ether oxygens (including phenoxy) is 2. The summed E-state index contributed by atoms with van der Waals surface area (Å²) in [6, 6.07) is 12.4. The van der Waals surface area contributed by atoms with Gasteiger partial charge in [0, 0.05) is 35.7 Å². The van der Waals surface area contributed by atoms with Crippen molar-refractivity contribution in [2.45, 2.75) is 153 Å². The maximum atomic E-state index is 14.8. The molecule has 4 amide bonds. The lowest BCUT2D eigenvalue weighted by atomic mass is 10.0. The highest BCUT2D eigenvalue weighted by molar-refractivity contribution is 7.91. The highest BCUT2D eigenvalue weighted by Crippen LogP contribution is 2.48. The van der Waals surface area contributed by atoms with E-state index in [2.05, 4.69) is 51.9 Å². The smallest absolute Gasteiger partial charge is 0.408 e. The number of carbonyl (C=O) groups excluding carboxylic acids is 4. The Balaban J connectivity index is 1.11.